The molecule has 0 aromatic carbocycles. The van der Waals surface area contributed by atoms with Gasteiger partial charge in [0.1, 0.15) is 0 Å². The van der Waals surface area contributed by atoms with Crippen molar-refractivity contribution < 1.29 is 14.2 Å². The molecule has 5 nitrogen and oxygen atoms in total. The first-order chi connectivity index (χ1) is 8.77. The van der Waals surface area contributed by atoms with Crippen molar-refractivity contribution in [3.63, 3.8) is 0 Å². The second-order valence-corrected chi connectivity index (χ2v) is 4.68. The Labute approximate surface area is 111 Å². The van der Waals surface area contributed by atoms with E-state index in [0.717, 1.165) is 38.5 Å². The summed E-state index contributed by atoms with van der Waals surface area (Å²) in [4.78, 5) is 0. The summed E-state index contributed by atoms with van der Waals surface area (Å²) in [5.41, 5.74) is 2.58. The Morgan fingerprint density at radius 3 is 1.83 bits per heavy atom. The molecule has 0 saturated heterocycles. The Balaban J connectivity index is 2.90. The molecule has 3 N–H and O–H groups in total. The third-order valence-corrected chi connectivity index (χ3v) is 2.42. The summed E-state index contributed by atoms with van der Waals surface area (Å²) in [5, 5.41) is 0. The number of nitrogens with two attached hydrogens (primary N) is 1. The molecule has 0 bridgehead atoms. The van der Waals surface area contributed by atoms with Crippen molar-refractivity contribution in [2.75, 3.05) is 46.2 Å². The lowest BCUT2D eigenvalue weighted by Gasteiger charge is -2.07. The van der Waals surface area contributed by atoms with Gasteiger partial charge in [-0.3, -0.25) is 11.3 Å². The van der Waals surface area contributed by atoms with Gasteiger partial charge < -0.3 is 14.2 Å². The highest BCUT2D eigenvalue weighted by molar-refractivity contribution is 4.44. The van der Waals surface area contributed by atoms with Crippen molar-refractivity contribution in [3.05, 3.63) is 0 Å². The normalized spacial score (nSPS) is 11.3. The molecule has 0 aliphatic carbocycles. The Kier molecular flexibility index (Phi) is 14.7. The van der Waals surface area contributed by atoms with E-state index >= 15 is 0 Å². The van der Waals surface area contributed by atoms with Crippen LogP contribution in [0.15, 0.2) is 0 Å². The van der Waals surface area contributed by atoms with E-state index in [1.54, 1.807) is 0 Å². The minimum Gasteiger partial charge on any atom is -0.379 e. The number of hydrazine groups is 1. The van der Waals surface area contributed by atoms with Crippen LogP contribution in [0.2, 0.25) is 0 Å². The monoisotopic (exact) mass is 262 g/mol. The Hall–Kier alpha value is -0.200. The number of ether oxygens (including phenoxy) is 3. The smallest absolute Gasteiger partial charge is 0.0701 e. The van der Waals surface area contributed by atoms with Gasteiger partial charge in [0, 0.05) is 19.8 Å². The molecule has 0 amide bonds. The Morgan fingerprint density at radius 2 is 1.33 bits per heavy atom. The molecule has 0 spiro atoms. The molecular formula is C13H30N2O3. The van der Waals surface area contributed by atoms with E-state index in [4.69, 9.17) is 20.1 Å². The highest BCUT2D eigenvalue weighted by Crippen LogP contribution is 2.02. The second-order valence-electron chi connectivity index (χ2n) is 4.68. The van der Waals surface area contributed by atoms with E-state index in [9.17, 15) is 0 Å². The van der Waals surface area contributed by atoms with E-state index in [-0.39, 0.29) is 0 Å². The molecule has 0 aromatic heterocycles. The lowest BCUT2D eigenvalue weighted by atomic mass is 10.1. The van der Waals surface area contributed by atoms with Crippen LogP contribution in [-0.2, 0) is 14.2 Å². The predicted molar refractivity (Wildman–Crippen MR) is 73.3 cm³/mol. The quantitative estimate of drug-likeness (QED) is 0.281. The van der Waals surface area contributed by atoms with Gasteiger partial charge in [0.15, 0.2) is 0 Å². The lowest BCUT2D eigenvalue weighted by molar-refractivity contribution is 0.0133. The summed E-state index contributed by atoms with van der Waals surface area (Å²) >= 11 is 0. The van der Waals surface area contributed by atoms with Gasteiger partial charge in [-0.15, -0.1) is 0 Å². The Bertz CT molecular complexity index is 157. The average Bonchev–Trinajstić information content (AvgIpc) is 2.34. The van der Waals surface area contributed by atoms with Crippen molar-refractivity contribution in [2.24, 2.45) is 11.8 Å². The largest absolute Gasteiger partial charge is 0.379 e. The maximum atomic E-state index is 5.46. The lowest BCUT2D eigenvalue weighted by Crippen LogP contribution is -2.24. The fourth-order valence-corrected chi connectivity index (χ4v) is 1.41. The number of hydrogen-bond donors (Lipinski definition) is 2. The van der Waals surface area contributed by atoms with Crippen LogP contribution in [-0.4, -0.2) is 46.2 Å². The first kappa shape index (κ1) is 17.8. The topological polar surface area (TPSA) is 65.7 Å². The van der Waals surface area contributed by atoms with Crippen molar-refractivity contribution in [2.45, 2.75) is 33.1 Å². The summed E-state index contributed by atoms with van der Waals surface area (Å²) in [6, 6.07) is 0. The highest BCUT2D eigenvalue weighted by atomic mass is 16.5. The molecule has 0 fully saturated rings. The molecule has 0 atom stereocenters. The summed E-state index contributed by atoms with van der Waals surface area (Å²) in [6.07, 6.45) is 3.29. The molecule has 0 aliphatic heterocycles. The van der Waals surface area contributed by atoms with E-state index in [1.165, 1.54) is 6.42 Å². The molecule has 0 aromatic rings. The summed E-state index contributed by atoms with van der Waals surface area (Å²) in [6.45, 7) is 9.39. The fourth-order valence-electron chi connectivity index (χ4n) is 1.41. The summed E-state index contributed by atoms with van der Waals surface area (Å²) in [7, 11) is 0. The van der Waals surface area contributed by atoms with Crippen LogP contribution in [0.3, 0.4) is 0 Å². The second kappa shape index (κ2) is 14.9. The maximum Gasteiger partial charge on any atom is 0.0701 e. The standard InChI is InChI=1S/C13H30N2O3/c1-13(2)5-3-7-16-9-11-18-12-10-17-8-4-6-15-14/h13,15H,3-12,14H2,1-2H3. The molecule has 110 valence electrons. The van der Waals surface area contributed by atoms with E-state index in [0.29, 0.717) is 26.4 Å². The maximum absolute atomic E-state index is 5.46. The van der Waals surface area contributed by atoms with Crippen LogP contribution in [0.1, 0.15) is 33.1 Å². The summed E-state index contributed by atoms with van der Waals surface area (Å²) < 4.78 is 16.2. The SMILES string of the molecule is CC(C)CCCOCCOCCOCCCNN. The van der Waals surface area contributed by atoms with Crippen LogP contribution in [0.5, 0.6) is 0 Å². The highest BCUT2D eigenvalue weighted by Gasteiger charge is 1.94. The molecule has 18 heavy (non-hydrogen) atoms. The predicted octanol–water partition coefficient (Wildman–Crippen LogP) is 1.33. The fraction of sp³-hybridized carbons (Fsp3) is 1.00. The van der Waals surface area contributed by atoms with Gasteiger partial charge in [-0.25, -0.2) is 0 Å². The third-order valence-electron chi connectivity index (χ3n) is 2.42. The third kappa shape index (κ3) is 15.8. The van der Waals surface area contributed by atoms with Gasteiger partial charge in [-0.1, -0.05) is 13.8 Å². The summed E-state index contributed by atoms with van der Waals surface area (Å²) in [5.74, 6) is 5.89. The zero-order valence-electron chi connectivity index (χ0n) is 12.0. The molecule has 0 rings (SSSR count). The van der Waals surface area contributed by atoms with Crippen molar-refractivity contribution in [1.29, 1.82) is 0 Å². The minimum absolute atomic E-state index is 0.630. The van der Waals surface area contributed by atoms with Crippen molar-refractivity contribution in [1.82, 2.24) is 5.43 Å². The van der Waals surface area contributed by atoms with Crippen LogP contribution >= 0.6 is 0 Å². The number of nitrogens with one attached hydrogen (secondary N) is 1. The zero-order chi connectivity index (χ0) is 13.5. The zero-order valence-corrected chi connectivity index (χ0v) is 12.0. The molecule has 5 heteroatoms. The first-order valence-corrected chi connectivity index (χ1v) is 6.94. The van der Waals surface area contributed by atoms with Gasteiger partial charge in [0.05, 0.1) is 26.4 Å². The van der Waals surface area contributed by atoms with Gasteiger partial charge in [0.2, 0.25) is 0 Å². The van der Waals surface area contributed by atoms with Crippen LogP contribution < -0.4 is 11.3 Å². The molecule has 0 radical (unpaired) electrons. The van der Waals surface area contributed by atoms with Gasteiger partial charge in [-0.2, -0.15) is 0 Å². The Morgan fingerprint density at radius 1 is 0.833 bits per heavy atom. The molecule has 0 heterocycles. The van der Waals surface area contributed by atoms with Gasteiger partial charge >= 0.3 is 0 Å². The van der Waals surface area contributed by atoms with E-state index in [2.05, 4.69) is 19.3 Å². The molecule has 0 saturated carbocycles. The van der Waals surface area contributed by atoms with Gasteiger partial charge in [0.25, 0.3) is 0 Å². The van der Waals surface area contributed by atoms with Crippen molar-refractivity contribution in [3.8, 4) is 0 Å². The van der Waals surface area contributed by atoms with E-state index < -0.39 is 0 Å². The minimum atomic E-state index is 0.630. The molecule has 0 aliphatic rings. The van der Waals surface area contributed by atoms with E-state index in [1.807, 2.05) is 0 Å². The van der Waals surface area contributed by atoms with Crippen molar-refractivity contribution >= 4 is 0 Å². The van der Waals surface area contributed by atoms with Crippen LogP contribution in [0, 0.1) is 5.92 Å². The first-order valence-electron chi connectivity index (χ1n) is 6.94. The average molecular weight is 262 g/mol. The molecule has 0 unspecified atom stereocenters. The van der Waals surface area contributed by atoms with Crippen LogP contribution in [0.25, 0.3) is 0 Å². The van der Waals surface area contributed by atoms with Gasteiger partial charge in [-0.05, 0) is 25.2 Å². The molecular weight excluding hydrogens is 232 g/mol. The number of rotatable bonds is 14. The number of hydrogen-bond acceptors (Lipinski definition) is 5. The van der Waals surface area contributed by atoms with Crippen LogP contribution in [0.4, 0.5) is 0 Å².